The topological polar surface area (TPSA) is 70.8 Å². The van der Waals surface area contributed by atoms with Crippen LogP contribution in [0.2, 0.25) is 0 Å². The quantitative estimate of drug-likeness (QED) is 0.215. The van der Waals surface area contributed by atoms with E-state index in [2.05, 4.69) is 39.7 Å². The average molecular weight is 408 g/mol. The zero-order valence-electron chi connectivity index (χ0n) is 16.6. The molecule has 31 heavy (non-hydrogen) atoms. The van der Waals surface area contributed by atoms with Gasteiger partial charge in [-0.1, -0.05) is 48.5 Å². The van der Waals surface area contributed by atoms with Crippen molar-refractivity contribution in [2.45, 2.75) is 0 Å². The van der Waals surface area contributed by atoms with Crippen molar-refractivity contribution in [2.24, 2.45) is 5.10 Å². The minimum absolute atomic E-state index is 0.0477. The van der Waals surface area contributed by atoms with Gasteiger partial charge in [-0.3, -0.25) is 15.5 Å². The number of hydrogen-bond acceptors (Lipinski definition) is 5. The second kappa shape index (κ2) is 9.37. The second-order valence-electron chi connectivity index (χ2n) is 6.77. The highest BCUT2D eigenvalue weighted by atomic mass is 16.6. The maximum Gasteiger partial charge on any atom is 0.269 e. The lowest BCUT2D eigenvalue weighted by atomic mass is 10.1. The van der Waals surface area contributed by atoms with Crippen LogP contribution in [-0.2, 0) is 0 Å². The van der Waals surface area contributed by atoms with Gasteiger partial charge in [-0.25, -0.2) is 0 Å². The molecule has 4 rings (SSSR count). The van der Waals surface area contributed by atoms with E-state index in [1.54, 1.807) is 18.3 Å². The van der Waals surface area contributed by atoms with Gasteiger partial charge in [0.2, 0.25) is 0 Å². The van der Waals surface area contributed by atoms with Crippen LogP contribution in [0.4, 0.5) is 28.4 Å². The summed E-state index contributed by atoms with van der Waals surface area (Å²) in [6.07, 6.45) is 1.71. The van der Waals surface area contributed by atoms with Gasteiger partial charge in [0.15, 0.2) is 0 Å². The molecule has 6 nitrogen and oxygen atoms in total. The number of nitro benzene ring substituents is 1. The van der Waals surface area contributed by atoms with E-state index in [0.717, 1.165) is 22.6 Å². The van der Waals surface area contributed by atoms with Crippen LogP contribution in [0.25, 0.3) is 0 Å². The molecule has 0 aliphatic heterocycles. The number of non-ortho nitro benzene ring substituents is 1. The van der Waals surface area contributed by atoms with E-state index in [-0.39, 0.29) is 5.69 Å². The molecular weight excluding hydrogens is 388 g/mol. The SMILES string of the molecule is O=[N+]([O-])c1ccc(N/N=C/c2ccc(N(c3ccccc3)c3ccccc3)cc2)cc1. The van der Waals surface area contributed by atoms with Crippen molar-refractivity contribution < 1.29 is 4.92 Å². The lowest BCUT2D eigenvalue weighted by Crippen LogP contribution is -2.09. The fourth-order valence-electron chi connectivity index (χ4n) is 3.15. The van der Waals surface area contributed by atoms with E-state index in [0.29, 0.717) is 5.69 Å². The summed E-state index contributed by atoms with van der Waals surface area (Å²) in [7, 11) is 0. The third kappa shape index (κ3) is 4.94. The Kier molecular flexibility index (Phi) is 6.00. The number of hydrogen-bond donors (Lipinski definition) is 1. The molecule has 0 aliphatic rings. The van der Waals surface area contributed by atoms with Crippen molar-refractivity contribution in [1.29, 1.82) is 0 Å². The van der Waals surface area contributed by atoms with Crippen molar-refractivity contribution in [3.63, 3.8) is 0 Å². The normalized spacial score (nSPS) is 10.7. The minimum atomic E-state index is -0.428. The summed E-state index contributed by atoms with van der Waals surface area (Å²) >= 11 is 0. The van der Waals surface area contributed by atoms with E-state index in [4.69, 9.17) is 0 Å². The number of anilines is 4. The van der Waals surface area contributed by atoms with Crippen molar-refractivity contribution in [2.75, 3.05) is 10.3 Å². The number of nitrogens with one attached hydrogen (secondary N) is 1. The Morgan fingerprint density at radius 1 is 0.710 bits per heavy atom. The van der Waals surface area contributed by atoms with Crippen molar-refractivity contribution in [3.8, 4) is 0 Å². The fourth-order valence-corrected chi connectivity index (χ4v) is 3.15. The Morgan fingerprint density at radius 3 is 1.74 bits per heavy atom. The molecule has 0 bridgehead atoms. The fraction of sp³-hybridized carbons (Fsp3) is 0. The highest BCUT2D eigenvalue weighted by molar-refractivity contribution is 5.83. The third-order valence-electron chi connectivity index (χ3n) is 4.67. The van der Waals surface area contributed by atoms with Gasteiger partial charge < -0.3 is 4.90 Å². The Balaban J connectivity index is 1.50. The maximum atomic E-state index is 10.7. The average Bonchev–Trinajstić information content (AvgIpc) is 2.82. The maximum absolute atomic E-state index is 10.7. The summed E-state index contributed by atoms with van der Waals surface area (Å²) in [5.41, 5.74) is 7.74. The number of para-hydroxylation sites is 2. The largest absolute Gasteiger partial charge is 0.311 e. The molecule has 152 valence electrons. The number of nitrogens with zero attached hydrogens (tertiary/aromatic N) is 3. The molecular formula is C25H20N4O2. The van der Waals surface area contributed by atoms with Gasteiger partial charge >= 0.3 is 0 Å². The minimum Gasteiger partial charge on any atom is -0.311 e. The summed E-state index contributed by atoms with van der Waals surface area (Å²) in [6, 6.07) is 34.6. The highest BCUT2D eigenvalue weighted by Gasteiger charge is 2.11. The van der Waals surface area contributed by atoms with Gasteiger partial charge in [-0.2, -0.15) is 5.10 Å². The molecule has 1 N–H and O–H groups in total. The Bertz CT molecular complexity index is 1120. The van der Waals surface area contributed by atoms with E-state index in [9.17, 15) is 10.1 Å². The van der Waals surface area contributed by atoms with Gasteiger partial charge in [0.1, 0.15) is 0 Å². The second-order valence-corrected chi connectivity index (χ2v) is 6.77. The molecule has 6 heteroatoms. The van der Waals surface area contributed by atoms with Gasteiger partial charge in [0, 0.05) is 29.2 Å². The van der Waals surface area contributed by atoms with E-state index in [1.807, 2.05) is 60.7 Å². The number of benzene rings is 4. The first-order chi connectivity index (χ1) is 15.2. The summed E-state index contributed by atoms with van der Waals surface area (Å²) < 4.78 is 0. The van der Waals surface area contributed by atoms with Crippen LogP contribution in [0.3, 0.4) is 0 Å². The highest BCUT2D eigenvalue weighted by Crippen LogP contribution is 2.33. The molecule has 0 saturated heterocycles. The third-order valence-corrected chi connectivity index (χ3v) is 4.67. The molecule has 0 spiro atoms. The summed E-state index contributed by atoms with van der Waals surface area (Å²) in [5, 5.41) is 14.9. The first kappa shape index (κ1) is 19.8. The molecule has 0 aromatic heterocycles. The molecule has 4 aromatic carbocycles. The monoisotopic (exact) mass is 408 g/mol. The van der Waals surface area contributed by atoms with Crippen molar-refractivity contribution >= 4 is 34.7 Å². The first-order valence-electron chi connectivity index (χ1n) is 9.74. The lowest BCUT2D eigenvalue weighted by molar-refractivity contribution is -0.384. The molecule has 0 saturated carbocycles. The van der Waals surface area contributed by atoms with E-state index < -0.39 is 4.92 Å². The molecule has 0 fully saturated rings. The van der Waals surface area contributed by atoms with Crippen LogP contribution >= 0.6 is 0 Å². The summed E-state index contributed by atoms with van der Waals surface area (Å²) in [4.78, 5) is 12.5. The smallest absolute Gasteiger partial charge is 0.269 e. The first-order valence-corrected chi connectivity index (χ1v) is 9.74. The van der Waals surface area contributed by atoms with Crippen LogP contribution < -0.4 is 10.3 Å². The van der Waals surface area contributed by atoms with Crippen LogP contribution in [0.5, 0.6) is 0 Å². The molecule has 0 atom stereocenters. The van der Waals surface area contributed by atoms with Crippen molar-refractivity contribution in [1.82, 2.24) is 0 Å². The number of rotatable bonds is 7. The van der Waals surface area contributed by atoms with E-state index >= 15 is 0 Å². The van der Waals surface area contributed by atoms with Gasteiger partial charge in [0.05, 0.1) is 16.8 Å². The number of nitro groups is 1. The predicted molar refractivity (Wildman–Crippen MR) is 125 cm³/mol. The van der Waals surface area contributed by atoms with Crippen molar-refractivity contribution in [3.05, 3.63) is 125 Å². The standard InChI is InChI=1S/C25H20N4O2/c30-29(31)25-17-13-21(14-18-25)27-26-19-20-11-15-24(16-12-20)28(22-7-3-1-4-8-22)23-9-5-2-6-10-23/h1-19,27H/b26-19+. The zero-order chi connectivity index (χ0) is 21.5. The Hall–Kier alpha value is -4.45. The van der Waals surface area contributed by atoms with Crippen LogP contribution in [0.1, 0.15) is 5.56 Å². The van der Waals surface area contributed by atoms with Gasteiger partial charge in [-0.05, 0) is 54.1 Å². The predicted octanol–water partition coefficient (Wildman–Crippen LogP) is 6.51. The van der Waals surface area contributed by atoms with E-state index in [1.165, 1.54) is 12.1 Å². The van der Waals surface area contributed by atoms with Crippen LogP contribution in [-0.4, -0.2) is 11.1 Å². The van der Waals surface area contributed by atoms with Gasteiger partial charge in [0.25, 0.3) is 5.69 Å². The molecule has 0 amide bonds. The number of hydrazone groups is 1. The Labute approximate surface area is 180 Å². The molecule has 0 heterocycles. The molecule has 4 aromatic rings. The molecule has 0 aliphatic carbocycles. The zero-order valence-corrected chi connectivity index (χ0v) is 16.6. The lowest BCUT2D eigenvalue weighted by Gasteiger charge is -2.25. The Morgan fingerprint density at radius 2 is 1.23 bits per heavy atom. The van der Waals surface area contributed by atoms with Crippen LogP contribution in [0.15, 0.2) is 114 Å². The van der Waals surface area contributed by atoms with Crippen LogP contribution in [0, 0.1) is 10.1 Å². The summed E-state index contributed by atoms with van der Waals surface area (Å²) in [6.45, 7) is 0. The molecule has 0 radical (unpaired) electrons. The summed E-state index contributed by atoms with van der Waals surface area (Å²) in [5.74, 6) is 0. The van der Waals surface area contributed by atoms with Gasteiger partial charge in [-0.15, -0.1) is 0 Å². The molecule has 0 unspecified atom stereocenters.